The number of primary sulfonamides is 1. The summed E-state index contributed by atoms with van der Waals surface area (Å²) < 4.78 is 89.5. The molecule has 0 radical (unpaired) electrons. The van der Waals surface area contributed by atoms with Gasteiger partial charge in [0.15, 0.2) is 0 Å². The van der Waals surface area contributed by atoms with E-state index in [-0.39, 0.29) is 51.8 Å². The Hall–Kier alpha value is -3.91. The Bertz CT molecular complexity index is 1690. The molecule has 4 N–H and O–H groups in total. The van der Waals surface area contributed by atoms with Crippen LogP contribution in [0.25, 0.3) is 11.0 Å². The summed E-state index contributed by atoms with van der Waals surface area (Å²) in [6.45, 7) is 2.12. The van der Waals surface area contributed by atoms with Gasteiger partial charge in [-0.05, 0) is 30.2 Å². The van der Waals surface area contributed by atoms with E-state index < -0.39 is 40.9 Å². The molecule has 1 amide bonds. The lowest BCUT2D eigenvalue weighted by Crippen LogP contribution is -2.57. The molecular formula is C29H34F4N6O5S. The van der Waals surface area contributed by atoms with Crippen molar-refractivity contribution in [3.63, 3.8) is 0 Å². The van der Waals surface area contributed by atoms with E-state index >= 15 is 4.39 Å². The van der Waals surface area contributed by atoms with E-state index in [0.717, 1.165) is 10.9 Å². The summed E-state index contributed by atoms with van der Waals surface area (Å²) in [4.78, 5) is 19.3. The van der Waals surface area contributed by atoms with Crippen LogP contribution in [-0.4, -0.2) is 94.2 Å². The third-order valence-electron chi connectivity index (χ3n) is 7.31. The number of fused-ring (bicyclic) bond motifs is 1. The molecule has 0 bridgehead atoms. The molecule has 1 saturated heterocycles. The number of nitrogens with two attached hydrogens (primary N) is 1. The van der Waals surface area contributed by atoms with Crippen molar-refractivity contribution in [3.05, 3.63) is 47.8 Å². The van der Waals surface area contributed by atoms with E-state index in [9.17, 15) is 26.4 Å². The molecule has 4 rings (SSSR count). The van der Waals surface area contributed by atoms with Gasteiger partial charge in [0.25, 0.3) is 5.91 Å². The minimum atomic E-state index is -4.55. The lowest BCUT2D eigenvalue weighted by atomic mass is 9.92. The number of amides is 1. The van der Waals surface area contributed by atoms with E-state index in [1.807, 2.05) is 11.8 Å². The van der Waals surface area contributed by atoms with Crippen LogP contribution in [-0.2, 0) is 21.3 Å². The maximum Gasteiger partial charge on any atom is 0.406 e. The Kier molecular flexibility index (Phi) is 10.6. The summed E-state index contributed by atoms with van der Waals surface area (Å²) in [5.74, 6) is 4.94. The minimum Gasteiger partial charge on any atom is -0.495 e. The monoisotopic (exact) mass is 654 g/mol. The molecule has 2 aromatic carbocycles. The predicted molar refractivity (Wildman–Crippen MR) is 159 cm³/mol. The largest absolute Gasteiger partial charge is 0.495 e. The number of alkyl halides is 4. The number of hydrogen-bond donors (Lipinski definition) is 3. The van der Waals surface area contributed by atoms with Gasteiger partial charge >= 0.3 is 6.18 Å². The topological polar surface area (TPSA) is 141 Å². The molecule has 1 aromatic heterocycles. The van der Waals surface area contributed by atoms with E-state index in [0.29, 0.717) is 25.4 Å². The first-order chi connectivity index (χ1) is 21.2. The van der Waals surface area contributed by atoms with Crippen molar-refractivity contribution in [1.82, 2.24) is 19.8 Å². The van der Waals surface area contributed by atoms with Crippen molar-refractivity contribution in [3.8, 4) is 17.6 Å². The molecule has 1 aliphatic heterocycles. The Morgan fingerprint density at radius 2 is 1.96 bits per heavy atom. The zero-order valence-corrected chi connectivity index (χ0v) is 25.6. The summed E-state index contributed by atoms with van der Waals surface area (Å²) in [6, 6.07) is 5.97. The number of piperidine rings is 1. The number of aromatic nitrogens is 2. The summed E-state index contributed by atoms with van der Waals surface area (Å²) >= 11 is 0. The van der Waals surface area contributed by atoms with Crippen molar-refractivity contribution in [2.24, 2.45) is 11.1 Å². The Labute approximate surface area is 258 Å². The van der Waals surface area contributed by atoms with Gasteiger partial charge in [-0.3, -0.25) is 9.69 Å². The molecule has 1 aliphatic rings. The number of sulfonamides is 1. The van der Waals surface area contributed by atoms with Crippen molar-refractivity contribution >= 4 is 32.7 Å². The summed E-state index contributed by atoms with van der Waals surface area (Å²) in [5, 5.41) is 10.9. The third kappa shape index (κ3) is 8.63. The van der Waals surface area contributed by atoms with Crippen molar-refractivity contribution in [2.75, 3.05) is 52.3 Å². The van der Waals surface area contributed by atoms with Crippen LogP contribution >= 0.6 is 0 Å². The van der Waals surface area contributed by atoms with Gasteiger partial charge < -0.3 is 24.7 Å². The molecule has 3 atom stereocenters. The van der Waals surface area contributed by atoms with Crippen LogP contribution < -0.4 is 20.5 Å². The fraction of sp³-hybridized carbons (Fsp3) is 0.448. The number of nitrogens with one attached hydrogen (secondary N) is 2. The summed E-state index contributed by atoms with van der Waals surface area (Å²) in [5.41, 5.74) is 0.680. The van der Waals surface area contributed by atoms with Crippen LogP contribution in [0.5, 0.6) is 5.75 Å². The number of anilines is 1. The Morgan fingerprint density at radius 3 is 2.60 bits per heavy atom. The Morgan fingerprint density at radius 1 is 1.20 bits per heavy atom. The van der Waals surface area contributed by atoms with Crippen LogP contribution in [0.15, 0.2) is 41.6 Å². The molecule has 2 heterocycles. The fourth-order valence-corrected chi connectivity index (χ4v) is 5.71. The zero-order valence-electron chi connectivity index (χ0n) is 24.8. The number of ether oxygens (including phenoxy) is 2. The number of rotatable bonds is 10. The molecule has 244 valence electrons. The molecular weight excluding hydrogens is 620 g/mol. The van der Waals surface area contributed by atoms with Gasteiger partial charge in [0.05, 0.1) is 54.3 Å². The second kappa shape index (κ2) is 14.0. The number of imidazole rings is 1. The first kappa shape index (κ1) is 34.0. The molecule has 16 heteroatoms. The van der Waals surface area contributed by atoms with Gasteiger partial charge in [-0.1, -0.05) is 18.8 Å². The van der Waals surface area contributed by atoms with Gasteiger partial charge in [0.2, 0.25) is 10.0 Å². The summed E-state index contributed by atoms with van der Waals surface area (Å²) in [6.07, 6.45) is -4.93. The standard InChI is InChI=1S/C29H34F4N6O5S/c1-18-14-38(9-10-43-2)15-22(30)26(18)37-28(40)21-11-19(12-24-27(21)36-17-39(24)16-29(31,32)33)5-4-8-35-23-7-6-20(45(34,41)42)13-25(23)44-3/h6-7,11-13,17-18,22,26,35H,8-10,14-16H2,1-3H3,(H,37,40)(H2,34,41,42)/t18-,22-,26+/m0/s1. The van der Waals surface area contributed by atoms with Crippen LogP contribution in [0, 0.1) is 17.8 Å². The number of carbonyl (C=O) groups is 1. The summed E-state index contributed by atoms with van der Waals surface area (Å²) in [7, 11) is -1.04. The first-order valence-corrected chi connectivity index (χ1v) is 15.4. The van der Waals surface area contributed by atoms with E-state index in [2.05, 4.69) is 27.5 Å². The highest BCUT2D eigenvalue weighted by Crippen LogP contribution is 2.28. The van der Waals surface area contributed by atoms with Gasteiger partial charge in [-0.25, -0.2) is 22.9 Å². The van der Waals surface area contributed by atoms with E-state index in [4.69, 9.17) is 14.6 Å². The smallest absolute Gasteiger partial charge is 0.406 e. The van der Waals surface area contributed by atoms with Crippen molar-refractivity contribution in [1.29, 1.82) is 0 Å². The maximum absolute atomic E-state index is 15.2. The SMILES string of the molecule is COCCN1C[C@H](C)[C@@H](NC(=O)c2cc(C#CCNc3ccc(S(N)(=O)=O)cc3OC)cc3c2ncn3CC(F)(F)F)[C@@H](F)C1. The first-order valence-electron chi connectivity index (χ1n) is 13.9. The number of nitrogens with zero attached hydrogens (tertiary/aromatic N) is 3. The molecule has 0 unspecified atom stereocenters. The maximum atomic E-state index is 15.2. The van der Waals surface area contributed by atoms with E-state index in [1.165, 1.54) is 37.4 Å². The van der Waals surface area contributed by atoms with Crippen molar-refractivity contribution in [2.45, 2.75) is 36.8 Å². The fourth-order valence-electron chi connectivity index (χ4n) is 5.18. The third-order valence-corrected chi connectivity index (χ3v) is 8.22. The van der Waals surface area contributed by atoms with Crippen LogP contribution in [0.3, 0.4) is 0 Å². The van der Waals surface area contributed by atoms with Crippen molar-refractivity contribution < 1.29 is 40.2 Å². The van der Waals surface area contributed by atoms with Gasteiger partial charge in [0.1, 0.15) is 24.0 Å². The molecule has 0 aliphatic carbocycles. The lowest BCUT2D eigenvalue weighted by molar-refractivity contribution is -0.139. The van der Waals surface area contributed by atoms with Gasteiger partial charge in [-0.2, -0.15) is 13.2 Å². The normalized spacial score (nSPS) is 19.2. The molecule has 0 saturated carbocycles. The number of likely N-dealkylation sites (tertiary alicyclic amines) is 1. The quantitative estimate of drug-likeness (QED) is 0.224. The van der Waals surface area contributed by atoms with Gasteiger partial charge in [-0.15, -0.1) is 0 Å². The predicted octanol–water partition coefficient (Wildman–Crippen LogP) is 2.75. The number of halogens is 4. The molecule has 45 heavy (non-hydrogen) atoms. The highest BCUT2D eigenvalue weighted by atomic mass is 32.2. The van der Waals surface area contributed by atoms with Gasteiger partial charge in [0, 0.05) is 38.4 Å². The average molecular weight is 655 g/mol. The number of methoxy groups -OCH3 is 2. The van der Waals surface area contributed by atoms with Crippen LogP contribution in [0.2, 0.25) is 0 Å². The molecule has 1 fully saturated rings. The number of benzene rings is 2. The van der Waals surface area contributed by atoms with Crippen LogP contribution in [0.4, 0.5) is 23.2 Å². The van der Waals surface area contributed by atoms with Crippen LogP contribution in [0.1, 0.15) is 22.8 Å². The number of carbonyl (C=O) groups excluding carboxylic acids is 1. The minimum absolute atomic E-state index is 0.0230. The molecule has 11 nitrogen and oxygen atoms in total. The highest BCUT2D eigenvalue weighted by molar-refractivity contribution is 7.89. The molecule has 0 spiro atoms. The Balaban J connectivity index is 1.59. The molecule has 3 aromatic rings. The number of hydrogen-bond acceptors (Lipinski definition) is 8. The lowest BCUT2D eigenvalue weighted by Gasteiger charge is -2.39. The zero-order chi connectivity index (χ0) is 32.9. The van der Waals surface area contributed by atoms with E-state index in [1.54, 1.807) is 7.11 Å². The highest BCUT2D eigenvalue weighted by Gasteiger charge is 2.36. The second-order valence-corrected chi connectivity index (χ2v) is 12.2. The second-order valence-electron chi connectivity index (χ2n) is 10.7. The average Bonchev–Trinajstić information content (AvgIpc) is 3.35.